The fourth-order valence-electron chi connectivity index (χ4n) is 4.18. The largest absolute Gasteiger partial charge is 0.480 e. The first kappa shape index (κ1) is 30.3. The molecule has 3 heterocycles. The van der Waals surface area contributed by atoms with Crippen LogP contribution in [0.4, 0.5) is 13.2 Å². The fourth-order valence-corrected chi connectivity index (χ4v) is 5.31. The molecule has 0 aliphatic rings. The molecule has 5 rings (SSSR count). The molecule has 1 unspecified atom stereocenters. The number of carbonyl (C=O) groups is 1. The third-order valence-corrected chi connectivity index (χ3v) is 7.32. The van der Waals surface area contributed by atoms with Gasteiger partial charge < -0.3 is 15.6 Å². The van der Waals surface area contributed by atoms with Crippen molar-refractivity contribution in [2.24, 2.45) is 5.73 Å². The Morgan fingerprint density at radius 2 is 1.90 bits per heavy atom. The summed E-state index contributed by atoms with van der Waals surface area (Å²) in [6, 6.07) is 11.7. The predicted octanol–water partition coefficient (Wildman–Crippen LogP) is 6.56. The van der Waals surface area contributed by atoms with E-state index in [9.17, 15) is 18.0 Å². The minimum absolute atomic E-state index is 0. The fraction of sp³-hybridized carbons (Fsp3) is 0.185. The van der Waals surface area contributed by atoms with Gasteiger partial charge in [-0.1, -0.05) is 41.9 Å². The number of thiophene rings is 1. The van der Waals surface area contributed by atoms with Crippen LogP contribution in [0, 0.1) is 6.92 Å². The molecular weight excluding hydrogens is 602 g/mol. The molecular formula is C27H22Cl2F3N5O3S. The number of hydrogen-bond donors (Lipinski definition) is 2. The van der Waals surface area contributed by atoms with E-state index in [4.69, 9.17) is 27.2 Å². The molecule has 0 bridgehead atoms. The molecule has 0 fully saturated rings. The van der Waals surface area contributed by atoms with E-state index in [2.05, 4.69) is 15.1 Å². The average Bonchev–Trinajstić information content (AvgIpc) is 3.54. The maximum Gasteiger partial charge on any atom is 0.429 e. The highest BCUT2D eigenvalue weighted by Gasteiger charge is 2.45. The van der Waals surface area contributed by atoms with Gasteiger partial charge >= 0.3 is 12.1 Å². The summed E-state index contributed by atoms with van der Waals surface area (Å²) < 4.78 is 50.7. The molecule has 0 aliphatic carbocycles. The summed E-state index contributed by atoms with van der Waals surface area (Å²) >= 11 is 7.28. The van der Waals surface area contributed by atoms with Gasteiger partial charge in [-0.2, -0.15) is 18.3 Å². The molecule has 3 N–H and O–H groups in total. The Bertz CT molecular complexity index is 1690. The molecule has 0 spiro atoms. The molecule has 214 valence electrons. The van der Waals surface area contributed by atoms with Crippen LogP contribution in [-0.2, 0) is 11.2 Å². The van der Waals surface area contributed by atoms with Gasteiger partial charge in [0.25, 0.3) is 0 Å². The summed E-state index contributed by atoms with van der Waals surface area (Å²) in [7, 11) is 0. The Morgan fingerprint density at radius 3 is 2.54 bits per heavy atom. The predicted molar refractivity (Wildman–Crippen MR) is 152 cm³/mol. The first-order valence-corrected chi connectivity index (χ1v) is 13.1. The number of carboxylic acid groups (broad SMARTS) is 1. The number of halogens is 5. The van der Waals surface area contributed by atoms with E-state index in [1.165, 1.54) is 22.9 Å². The van der Waals surface area contributed by atoms with Crippen molar-refractivity contribution in [3.8, 4) is 22.7 Å². The Balaban J connectivity index is 0.00000387. The van der Waals surface area contributed by atoms with Crippen LogP contribution in [0.3, 0.4) is 0 Å². The quantitative estimate of drug-likeness (QED) is 0.201. The summed E-state index contributed by atoms with van der Waals surface area (Å²) in [5, 5.41) is 15.3. The van der Waals surface area contributed by atoms with E-state index in [1.807, 2.05) is 0 Å². The number of carboxylic acids is 1. The van der Waals surface area contributed by atoms with Crippen LogP contribution in [0.25, 0.3) is 27.0 Å². The number of hydrogen-bond acceptors (Lipinski definition) is 7. The zero-order valence-corrected chi connectivity index (χ0v) is 23.6. The highest BCUT2D eigenvalue weighted by atomic mass is 35.5. The monoisotopic (exact) mass is 623 g/mol. The number of alkyl halides is 3. The number of aromatic nitrogens is 4. The number of fused-ring (bicyclic) bond motifs is 1. The van der Waals surface area contributed by atoms with Gasteiger partial charge in [0, 0.05) is 27.7 Å². The van der Waals surface area contributed by atoms with Crippen LogP contribution in [0.2, 0.25) is 5.02 Å². The number of benzene rings is 2. The van der Waals surface area contributed by atoms with Gasteiger partial charge in [-0.05, 0) is 42.7 Å². The highest BCUT2D eigenvalue weighted by molar-refractivity contribution is 7.18. The first-order valence-electron chi connectivity index (χ1n) is 11.9. The second kappa shape index (κ2) is 12.0. The third kappa shape index (κ3) is 6.46. The van der Waals surface area contributed by atoms with Gasteiger partial charge in [0.05, 0.1) is 16.9 Å². The van der Waals surface area contributed by atoms with Gasteiger partial charge in [-0.25, -0.2) is 14.6 Å². The Labute approximate surface area is 247 Å². The molecule has 0 radical (unpaired) electrons. The van der Waals surface area contributed by atoms with Gasteiger partial charge in [0.15, 0.2) is 0 Å². The van der Waals surface area contributed by atoms with Crippen LogP contribution in [0.1, 0.15) is 22.9 Å². The van der Waals surface area contributed by atoms with E-state index in [0.29, 0.717) is 21.5 Å². The Kier molecular flexibility index (Phi) is 8.88. The first-order chi connectivity index (χ1) is 19.0. The van der Waals surface area contributed by atoms with E-state index < -0.39 is 24.3 Å². The lowest BCUT2D eigenvalue weighted by Gasteiger charge is -2.24. The third-order valence-electron chi connectivity index (χ3n) is 6.13. The van der Waals surface area contributed by atoms with Crippen molar-refractivity contribution in [3.05, 3.63) is 88.3 Å². The smallest absolute Gasteiger partial charge is 0.429 e. The van der Waals surface area contributed by atoms with E-state index >= 15 is 0 Å². The molecule has 3 aromatic heterocycles. The molecule has 5 aromatic rings. The van der Waals surface area contributed by atoms with E-state index in [-0.39, 0.29) is 41.0 Å². The van der Waals surface area contributed by atoms with Crippen LogP contribution in [-0.4, -0.2) is 43.0 Å². The second-order valence-electron chi connectivity index (χ2n) is 9.00. The van der Waals surface area contributed by atoms with Crippen molar-refractivity contribution < 1.29 is 27.8 Å². The van der Waals surface area contributed by atoms with E-state index in [0.717, 1.165) is 28.8 Å². The molecule has 14 heteroatoms. The summed E-state index contributed by atoms with van der Waals surface area (Å²) in [5.41, 5.74) is 8.75. The van der Waals surface area contributed by atoms with Crippen LogP contribution < -0.4 is 10.5 Å². The van der Waals surface area contributed by atoms with Gasteiger partial charge in [0.1, 0.15) is 17.1 Å². The topological polar surface area (TPSA) is 116 Å². The average molecular weight is 624 g/mol. The highest BCUT2D eigenvalue weighted by Crippen LogP contribution is 2.43. The Morgan fingerprint density at radius 1 is 1.17 bits per heavy atom. The van der Waals surface area contributed by atoms with Gasteiger partial charge in [0.2, 0.25) is 12.0 Å². The minimum Gasteiger partial charge on any atom is -0.480 e. The summed E-state index contributed by atoms with van der Waals surface area (Å²) in [5.74, 6) is -1.31. The zero-order valence-electron chi connectivity index (χ0n) is 21.2. The molecule has 2 aromatic carbocycles. The number of nitrogens with two attached hydrogens (primary N) is 1. The SMILES string of the molecule is Cc1ccn(-c2cc(Cl)ccc2[C@@H](Oc2ncnc3c(-c4ccc(CC(N)C(=O)O)cc4)csc23)C(F)(F)F)n1.Cl. The number of aliphatic carboxylic acids is 1. The lowest BCUT2D eigenvalue weighted by molar-refractivity contribution is -0.198. The van der Waals surface area contributed by atoms with Crippen molar-refractivity contribution in [1.82, 2.24) is 19.7 Å². The molecule has 0 amide bonds. The van der Waals surface area contributed by atoms with Crippen molar-refractivity contribution in [2.45, 2.75) is 31.7 Å². The molecule has 0 saturated heterocycles. The summed E-state index contributed by atoms with van der Waals surface area (Å²) in [4.78, 5) is 19.4. The number of nitrogens with zero attached hydrogens (tertiary/aromatic N) is 4. The summed E-state index contributed by atoms with van der Waals surface area (Å²) in [6.45, 7) is 1.73. The van der Waals surface area contributed by atoms with Crippen LogP contribution >= 0.6 is 35.3 Å². The minimum atomic E-state index is -4.80. The molecule has 2 atom stereocenters. The molecule has 41 heavy (non-hydrogen) atoms. The molecule has 8 nitrogen and oxygen atoms in total. The standard InChI is InChI=1S/C27H21ClF3N5O3S.ClH/c1-14-8-9-36(35-14)21-11-17(28)6-7-18(21)24(27(29,30)31)39-25-23-22(33-13-34-25)19(12-40-23)16-4-2-15(3-5-16)10-20(32)26(37)38;/h2-9,11-13,20,24H,10,32H2,1H3,(H,37,38);1H/t20?,24-;/m1./s1. The van der Waals surface area contributed by atoms with Crippen LogP contribution in [0.15, 0.2) is 66.4 Å². The number of ether oxygens (including phenoxy) is 1. The van der Waals surface area contributed by atoms with Gasteiger partial charge in [-0.15, -0.1) is 23.7 Å². The maximum atomic E-state index is 14.5. The van der Waals surface area contributed by atoms with E-state index in [1.54, 1.807) is 48.8 Å². The van der Waals surface area contributed by atoms with Crippen molar-refractivity contribution in [3.63, 3.8) is 0 Å². The van der Waals surface area contributed by atoms with Crippen molar-refractivity contribution in [1.29, 1.82) is 0 Å². The maximum absolute atomic E-state index is 14.5. The van der Waals surface area contributed by atoms with Gasteiger partial charge in [-0.3, -0.25) is 4.79 Å². The number of aryl methyl sites for hydroxylation is 1. The molecule has 0 saturated carbocycles. The normalized spacial score (nSPS) is 13.0. The molecule has 0 aliphatic heterocycles. The van der Waals surface area contributed by atoms with Crippen LogP contribution in [0.5, 0.6) is 5.88 Å². The zero-order chi connectivity index (χ0) is 28.6. The number of rotatable bonds is 8. The van der Waals surface area contributed by atoms with Crippen molar-refractivity contribution >= 4 is 51.5 Å². The second-order valence-corrected chi connectivity index (χ2v) is 10.3. The summed E-state index contributed by atoms with van der Waals surface area (Å²) in [6.07, 6.45) is -4.31. The lowest BCUT2D eigenvalue weighted by atomic mass is 10.0. The van der Waals surface area contributed by atoms with Crippen molar-refractivity contribution in [2.75, 3.05) is 0 Å². The Hall–Kier alpha value is -3.71. The lowest BCUT2D eigenvalue weighted by Crippen LogP contribution is -2.32.